The van der Waals surface area contributed by atoms with E-state index in [1.165, 1.54) is 4.31 Å². The average Bonchev–Trinajstić information content (AvgIpc) is 2.65. The molecule has 2 amide bonds. The second-order valence-corrected chi connectivity index (χ2v) is 8.55. The van der Waals surface area contributed by atoms with Crippen molar-refractivity contribution < 1.29 is 18.0 Å². The zero-order valence-electron chi connectivity index (χ0n) is 15.1. The smallest absolute Gasteiger partial charge is 0.251 e. The number of hydrogen-bond acceptors (Lipinski definition) is 4. The molecule has 26 heavy (non-hydrogen) atoms. The number of carbonyl (C=O) groups excluding carboxylic acids is 2. The second kappa shape index (κ2) is 9.68. The lowest BCUT2D eigenvalue weighted by molar-refractivity contribution is -0.121. The summed E-state index contributed by atoms with van der Waals surface area (Å²) in [5, 5.41) is 5.45. The van der Waals surface area contributed by atoms with Crippen LogP contribution in [-0.4, -0.2) is 56.0 Å². The SMILES string of the molecule is CCCCS(=O)(=O)N1CCC(NC(=O)CNC(=O)c2ccccc2)CC1. The summed E-state index contributed by atoms with van der Waals surface area (Å²) in [6, 6.07) is 8.64. The highest BCUT2D eigenvalue weighted by molar-refractivity contribution is 7.89. The van der Waals surface area contributed by atoms with Gasteiger partial charge in [0.05, 0.1) is 12.3 Å². The Balaban J connectivity index is 1.72. The van der Waals surface area contributed by atoms with Gasteiger partial charge in [-0.15, -0.1) is 0 Å². The fraction of sp³-hybridized carbons (Fsp3) is 0.556. The highest BCUT2D eigenvalue weighted by Gasteiger charge is 2.28. The molecular formula is C18H27N3O4S. The van der Waals surface area contributed by atoms with Gasteiger partial charge in [-0.3, -0.25) is 9.59 Å². The Labute approximate surface area is 155 Å². The Morgan fingerprint density at radius 2 is 1.81 bits per heavy atom. The second-order valence-electron chi connectivity index (χ2n) is 6.46. The van der Waals surface area contributed by atoms with E-state index in [4.69, 9.17) is 0 Å². The van der Waals surface area contributed by atoms with E-state index < -0.39 is 10.0 Å². The summed E-state index contributed by atoms with van der Waals surface area (Å²) in [6.45, 7) is 2.72. The number of unbranched alkanes of at least 4 members (excludes halogenated alkanes) is 1. The third kappa shape index (κ3) is 6.10. The molecule has 7 nitrogen and oxygen atoms in total. The van der Waals surface area contributed by atoms with Gasteiger partial charge in [0.2, 0.25) is 15.9 Å². The minimum Gasteiger partial charge on any atom is -0.352 e. The first kappa shape index (κ1) is 20.4. The van der Waals surface area contributed by atoms with Gasteiger partial charge in [-0.2, -0.15) is 0 Å². The van der Waals surface area contributed by atoms with Crippen molar-refractivity contribution in [2.24, 2.45) is 0 Å². The Bertz CT molecular complexity index is 698. The Kier molecular flexibility index (Phi) is 7.59. The maximum atomic E-state index is 12.2. The Morgan fingerprint density at radius 1 is 1.15 bits per heavy atom. The van der Waals surface area contributed by atoms with E-state index in [9.17, 15) is 18.0 Å². The number of sulfonamides is 1. The van der Waals surface area contributed by atoms with Crippen LogP contribution in [0, 0.1) is 0 Å². The number of hydrogen-bond donors (Lipinski definition) is 2. The van der Waals surface area contributed by atoms with E-state index >= 15 is 0 Å². The molecule has 1 saturated heterocycles. The van der Waals surface area contributed by atoms with Gasteiger partial charge < -0.3 is 10.6 Å². The molecule has 1 aromatic rings. The minimum absolute atomic E-state index is 0.0613. The summed E-state index contributed by atoms with van der Waals surface area (Å²) >= 11 is 0. The van der Waals surface area contributed by atoms with Crippen molar-refractivity contribution in [2.75, 3.05) is 25.4 Å². The summed E-state index contributed by atoms with van der Waals surface area (Å²) < 4.78 is 25.9. The maximum Gasteiger partial charge on any atom is 0.251 e. The molecule has 0 aliphatic carbocycles. The molecule has 2 N–H and O–H groups in total. The molecule has 2 rings (SSSR count). The monoisotopic (exact) mass is 381 g/mol. The lowest BCUT2D eigenvalue weighted by Gasteiger charge is -2.31. The van der Waals surface area contributed by atoms with Gasteiger partial charge >= 0.3 is 0 Å². The molecule has 1 fully saturated rings. The number of nitrogens with one attached hydrogen (secondary N) is 2. The van der Waals surface area contributed by atoms with Crippen LogP contribution in [-0.2, 0) is 14.8 Å². The lowest BCUT2D eigenvalue weighted by Crippen LogP contribution is -2.49. The van der Waals surface area contributed by atoms with E-state index in [1.807, 2.05) is 13.0 Å². The number of benzene rings is 1. The van der Waals surface area contributed by atoms with Gasteiger partial charge in [0.15, 0.2) is 0 Å². The summed E-state index contributed by atoms with van der Waals surface area (Å²) in [4.78, 5) is 23.9. The molecular weight excluding hydrogens is 354 g/mol. The zero-order chi connectivity index (χ0) is 19.0. The molecule has 0 spiro atoms. The third-order valence-electron chi connectivity index (χ3n) is 4.41. The molecule has 0 bridgehead atoms. The molecule has 0 unspecified atom stereocenters. The predicted octanol–water partition coefficient (Wildman–Crippen LogP) is 1.13. The van der Waals surface area contributed by atoms with Gasteiger partial charge in [0.25, 0.3) is 5.91 Å². The number of carbonyl (C=O) groups is 2. The third-order valence-corrected chi connectivity index (χ3v) is 6.37. The first-order valence-electron chi connectivity index (χ1n) is 9.03. The van der Waals surface area contributed by atoms with Crippen molar-refractivity contribution in [3.05, 3.63) is 35.9 Å². The average molecular weight is 381 g/mol. The fourth-order valence-corrected chi connectivity index (χ4v) is 4.54. The summed E-state index contributed by atoms with van der Waals surface area (Å²) in [6.07, 6.45) is 2.69. The molecule has 8 heteroatoms. The van der Waals surface area contributed by atoms with Crippen LogP contribution in [0.25, 0.3) is 0 Å². The summed E-state index contributed by atoms with van der Waals surface area (Å²) in [5.41, 5.74) is 0.505. The van der Waals surface area contributed by atoms with Crippen molar-refractivity contribution in [3.63, 3.8) is 0 Å². The number of nitrogens with zero attached hydrogens (tertiary/aromatic N) is 1. The van der Waals surface area contributed by atoms with Gasteiger partial charge in [0.1, 0.15) is 0 Å². The number of rotatable bonds is 8. The van der Waals surface area contributed by atoms with Crippen molar-refractivity contribution >= 4 is 21.8 Å². The van der Waals surface area contributed by atoms with Gasteiger partial charge in [-0.1, -0.05) is 31.5 Å². The van der Waals surface area contributed by atoms with Crippen LogP contribution in [0.4, 0.5) is 0 Å². The van der Waals surface area contributed by atoms with Crippen molar-refractivity contribution in [1.82, 2.24) is 14.9 Å². The van der Waals surface area contributed by atoms with Crippen LogP contribution >= 0.6 is 0 Å². The lowest BCUT2D eigenvalue weighted by atomic mass is 10.1. The van der Waals surface area contributed by atoms with E-state index in [0.29, 0.717) is 37.9 Å². The van der Waals surface area contributed by atoms with Crippen LogP contribution < -0.4 is 10.6 Å². The molecule has 144 valence electrons. The quantitative estimate of drug-likeness (QED) is 0.705. The molecule has 0 saturated carbocycles. The van der Waals surface area contributed by atoms with Crippen LogP contribution in [0.2, 0.25) is 0 Å². The topological polar surface area (TPSA) is 95.6 Å². The van der Waals surface area contributed by atoms with Gasteiger partial charge in [0, 0.05) is 24.7 Å². The van der Waals surface area contributed by atoms with Crippen LogP contribution in [0.5, 0.6) is 0 Å². The normalized spacial score (nSPS) is 16.2. The molecule has 1 aromatic carbocycles. The van der Waals surface area contributed by atoms with Crippen molar-refractivity contribution in [1.29, 1.82) is 0 Å². The van der Waals surface area contributed by atoms with Crippen LogP contribution in [0.15, 0.2) is 30.3 Å². The zero-order valence-corrected chi connectivity index (χ0v) is 15.9. The molecule has 1 heterocycles. The Hall–Kier alpha value is -1.93. The van der Waals surface area contributed by atoms with E-state index in [0.717, 1.165) is 6.42 Å². The number of amides is 2. The Morgan fingerprint density at radius 3 is 2.42 bits per heavy atom. The first-order valence-corrected chi connectivity index (χ1v) is 10.6. The standard InChI is InChI=1S/C18H27N3O4S/c1-2-3-13-26(24,25)21-11-9-16(10-12-21)20-17(22)14-19-18(23)15-7-5-4-6-8-15/h4-8,16H,2-3,9-14H2,1H3,(H,19,23)(H,20,22). The van der Waals surface area contributed by atoms with E-state index in [1.54, 1.807) is 24.3 Å². The first-order chi connectivity index (χ1) is 12.4. The summed E-state index contributed by atoms with van der Waals surface area (Å²) in [5.74, 6) is -0.370. The highest BCUT2D eigenvalue weighted by Crippen LogP contribution is 2.15. The van der Waals surface area contributed by atoms with E-state index in [2.05, 4.69) is 10.6 Å². The predicted molar refractivity (Wildman–Crippen MR) is 100 cm³/mol. The highest BCUT2D eigenvalue weighted by atomic mass is 32.2. The fourth-order valence-electron chi connectivity index (χ4n) is 2.86. The molecule has 1 aliphatic heterocycles. The largest absolute Gasteiger partial charge is 0.352 e. The van der Waals surface area contributed by atoms with E-state index in [-0.39, 0.29) is 30.2 Å². The molecule has 0 aromatic heterocycles. The summed E-state index contributed by atoms with van der Waals surface area (Å²) in [7, 11) is -3.19. The van der Waals surface area contributed by atoms with Gasteiger partial charge in [-0.25, -0.2) is 12.7 Å². The minimum atomic E-state index is -3.19. The van der Waals surface area contributed by atoms with Crippen molar-refractivity contribution in [3.8, 4) is 0 Å². The van der Waals surface area contributed by atoms with Crippen LogP contribution in [0.3, 0.4) is 0 Å². The molecule has 0 radical (unpaired) electrons. The molecule has 1 aliphatic rings. The maximum absolute atomic E-state index is 12.2. The van der Waals surface area contributed by atoms with Crippen LogP contribution in [0.1, 0.15) is 43.0 Å². The number of piperidine rings is 1. The molecule has 0 atom stereocenters. The van der Waals surface area contributed by atoms with Gasteiger partial charge in [-0.05, 0) is 31.4 Å². The van der Waals surface area contributed by atoms with Crippen molar-refractivity contribution in [2.45, 2.75) is 38.6 Å².